The van der Waals surface area contributed by atoms with Gasteiger partial charge in [0.2, 0.25) is 0 Å². The first kappa shape index (κ1) is 18.4. The molecular formula is C22H17N5O2S. The average Bonchev–Trinajstić information content (AvgIpc) is 3.36. The monoisotopic (exact) mass is 415 g/mol. The van der Waals surface area contributed by atoms with Crippen LogP contribution in [0.15, 0.2) is 93.4 Å². The number of hydrogen-bond acceptors (Lipinski definition) is 6. The first-order valence-corrected chi connectivity index (χ1v) is 10.4. The maximum atomic E-state index is 12.2. The van der Waals surface area contributed by atoms with Crippen LogP contribution in [-0.4, -0.2) is 30.1 Å². The van der Waals surface area contributed by atoms with Gasteiger partial charge >= 0.3 is 5.76 Å². The van der Waals surface area contributed by atoms with Crippen LogP contribution in [0.2, 0.25) is 0 Å². The van der Waals surface area contributed by atoms with Gasteiger partial charge in [-0.25, -0.2) is 9.78 Å². The first-order valence-electron chi connectivity index (χ1n) is 9.45. The lowest BCUT2D eigenvalue weighted by Crippen LogP contribution is -2.16. The maximum absolute atomic E-state index is 12.2. The molecule has 0 N–H and O–H groups in total. The number of hydrogen-bond donors (Lipinski definition) is 0. The van der Waals surface area contributed by atoms with Crippen LogP contribution in [0.3, 0.4) is 0 Å². The molecule has 2 aromatic carbocycles. The Morgan fingerprint density at radius 1 is 0.900 bits per heavy atom. The summed E-state index contributed by atoms with van der Waals surface area (Å²) in [5.74, 6) is 0.987. The van der Waals surface area contributed by atoms with E-state index in [-0.39, 0.29) is 0 Å². The summed E-state index contributed by atoms with van der Waals surface area (Å²) in [7, 11) is 0. The molecule has 0 saturated carbocycles. The lowest BCUT2D eigenvalue weighted by atomic mass is 10.2. The molecule has 0 aliphatic rings. The second-order valence-electron chi connectivity index (χ2n) is 6.54. The maximum Gasteiger partial charge on any atom is 0.421 e. The molecule has 0 aliphatic heterocycles. The molecule has 3 aromatic heterocycles. The van der Waals surface area contributed by atoms with E-state index in [4.69, 9.17) is 4.42 Å². The fourth-order valence-corrected chi connectivity index (χ4v) is 4.15. The third-order valence-corrected chi connectivity index (χ3v) is 5.56. The number of aryl methyl sites for hydroxylation is 1. The van der Waals surface area contributed by atoms with Crippen molar-refractivity contribution < 1.29 is 4.42 Å². The normalized spacial score (nSPS) is 11.2. The highest BCUT2D eigenvalue weighted by molar-refractivity contribution is 7.99. The molecule has 0 amide bonds. The summed E-state index contributed by atoms with van der Waals surface area (Å²) in [4.78, 5) is 16.4. The van der Waals surface area contributed by atoms with E-state index in [1.165, 1.54) is 11.8 Å². The number of pyridine rings is 1. The number of oxazole rings is 1. The van der Waals surface area contributed by atoms with Crippen molar-refractivity contribution in [1.82, 2.24) is 24.3 Å². The zero-order chi connectivity index (χ0) is 20.3. The summed E-state index contributed by atoms with van der Waals surface area (Å²) in [6.45, 7) is 0.454. The van der Waals surface area contributed by atoms with Gasteiger partial charge in [0.1, 0.15) is 0 Å². The van der Waals surface area contributed by atoms with Gasteiger partial charge < -0.3 is 4.42 Å². The van der Waals surface area contributed by atoms with Gasteiger partial charge in [0.05, 0.1) is 0 Å². The van der Waals surface area contributed by atoms with E-state index in [1.807, 2.05) is 65.2 Å². The topological polar surface area (TPSA) is 78.7 Å². The van der Waals surface area contributed by atoms with Crippen molar-refractivity contribution >= 4 is 23.0 Å². The van der Waals surface area contributed by atoms with Crippen LogP contribution in [0.4, 0.5) is 0 Å². The minimum absolute atomic E-state index is 0.404. The molecule has 7 nitrogen and oxygen atoms in total. The number of benzene rings is 2. The minimum Gasteiger partial charge on any atom is -0.406 e. The van der Waals surface area contributed by atoms with E-state index in [2.05, 4.69) is 15.2 Å². The number of aromatic nitrogens is 5. The predicted molar refractivity (Wildman–Crippen MR) is 116 cm³/mol. The molecule has 0 unspecified atom stereocenters. The Kier molecular flexibility index (Phi) is 4.90. The third kappa shape index (κ3) is 3.42. The molecule has 0 radical (unpaired) electrons. The van der Waals surface area contributed by atoms with Crippen LogP contribution in [0.5, 0.6) is 0 Å². The zero-order valence-corrected chi connectivity index (χ0v) is 16.7. The largest absolute Gasteiger partial charge is 0.421 e. The number of para-hydroxylation sites is 1. The molecule has 0 aliphatic carbocycles. The van der Waals surface area contributed by atoms with Crippen LogP contribution in [0, 0.1) is 0 Å². The van der Waals surface area contributed by atoms with Gasteiger partial charge in [0.15, 0.2) is 22.2 Å². The van der Waals surface area contributed by atoms with Crippen molar-refractivity contribution in [3.63, 3.8) is 0 Å². The van der Waals surface area contributed by atoms with Gasteiger partial charge in [0.25, 0.3) is 0 Å². The first-order chi connectivity index (χ1) is 14.8. The highest BCUT2D eigenvalue weighted by Gasteiger charge is 2.16. The molecule has 5 aromatic rings. The van der Waals surface area contributed by atoms with Gasteiger partial charge in [-0.1, -0.05) is 60.3 Å². The van der Waals surface area contributed by atoms with E-state index in [1.54, 1.807) is 22.9 Å². The van der Waals surface area contributed by atoms with Crippen molar-refractivity contribution in [2.45, 2.75) is 11.7 Å². The van der Waals surface area contributed by atoms with Crippen molar-refractivity contribution in [3.8, 4) is 17.1 Å². The standard InChI is InChI=1S/C22H17N5O2S/c28-22-26(20-18(29-22)12-7-13-23-20)14-15-30-21-25-24-19(16-8-3-1-4-9-16)27(21)17-10-5-2-6-11-17/h1-13H,14-15H2. The summed E-state index contributed by atoms with van der Waals surface area (Å²) >= 11 is 1.53. The van der Waals surface area contributed by atoms with Gasteiger partial charge in [-0.2, -0.15) is 0 Å². The Bertz CT molecular complexity index is 1340. The second-order valence-corrected chi connectivity index (χ2v) is 7.60. The van der Waals surface area contributed by atoms with Crippen molar-refractivity contribution in [2.75, 3.05) is 5.75 Å². The number of fused-ring (bicyclic) bond motifs is 1. The second kappa shape index (κ2) is 8.00. The average molecular weight is 415 g/mol. The van der Waals surface area contributed by atoms with Gasteiger partial charge in [0, 0.05) is 29.7 Å². The number of thioether (sulfide) groups is 1. The summed E-state index contributed by atoms with van der Waals surface area (Å²) in [5, 5.41) is 9.62. The van der Waals surface area contributed by atoms with Crippen molar-refractivity contribution in [2.24, 2.45) is 0 Å². The molecule has 0 saturated heterocycles. The molecule has 5 rings (SSSR count). The predicted octanol–water partition coefficient (Wildman–Crippen LogP) is 4.03. The van der Waals surface area contributed by atoms with Crippen LogP contribution in [-0.2, 0) is 6.54 Å². The van der Waals surface area contributed by atoms with E-state index < -0.39 is 5.76 Å². The van der Waals surface area contributed by atoms with Crippen LogP contribution in [0.25, 0.3) is 28.3 Å². The highest BCUT2D eigenvalue weighted by atomic mass is 32.2. The lowest BCUT2D eigenvalue weighted by Gasteiger charge is -2.10. The smallest absolute Gasteiger partial charge is 0.406 e. The molecule has 0 spiro atoms. The summed E-state index contributed by atoms with van der Waals surface area (Å²) in [5.41, 5.74) is 3.02. The van der Waals surface area contributed by atoms with Crippen molar-refractivity contribution in [3.05, 3.63) is 89.5 Å². The summed E-state index contributed by atoms with van der Waals surface area (Å²) < 4.78 is 8.84. The zero-order valence-electron chi connectivity index (χ0n) is 15.9. The fraction of sp³-hybridized carbons (Fsp3) is 0.0909. The van der Waals surface area contributed by atoms with Crippen LogP contribution in [0.1, 0.15) is 0 Å². The van der Waals surface area contributed by atoms with Gasteiger partial charge in [-0.3, -0.25) is 9.13 Å². The van der Waals surface area contributed by atoms with Crippen LogP contribution < -0.4 is 5.76 Å². The van der Waals surface area contributed by atoms with Gasteiger partial charge in [-0.15, -0.1) is 10.2 Å². The number of nitrogens with zero attached hydrogens (tertiary/aromatic N) is 5. The summed E-state index contributed by atoms with van der Waals surface area (Å²) in [6.07, 6.45) is 1.65. The van der Waals surface area contributed by atoms with E-state index in [0.29, 0.717) is 23.5 Å². The molecular weight excluding hydrogens is 398 g/mol. The quantitative estimate of drug-likeness (QED) is 0.390. The molecule has 148 valence electrons. The Balaban J connectivity index is 1.45. The Morgan fingerprint density at radius 3 is 2.47 bits per heavy atom. The van der Waals surface area contributed by atoms with Gasteiger partial charge in [-0.05, 0) is 24.3 Å². The lowest BCUT2D eigenvalue weighted by molar-refractivity contribution is 0.514. The van der Waals surface area contributed by atoms with E-state index >= 15 is 0 Å². The molecule has 8 heteroatoms. The Morgan fingerprint density at radius 2 is 1.67 bits per heavy atom. The molecule has 3 heterocycles. The fourth-order valence-electron chi connectivity index (χ4n) is 3.27. The summed E-state index contributed by atoms with van der Waals surface area (Å²) in [6, 6.07) is 23.5. The Labute approximate surface area is 176 Å². The highest BCUT2D eigenvalue weighted by Crippen LogP contribution is 2.28. The minimum atomic E-state index is -0.404. The van der Waals surface area contributed by atoms with Crippen molar-refractivity contribution in [1.29, 1.82) is 0 Å². The molecule has 0 bridgehead atoms. The molecule has 30 heavy (non-hydrogen) atoms. The van der Waals surface area contributed by atoms with E-state index in [0.717, 1.165) is 22.2 Å². The molecule has 0 atom stereocenters. The number of rotatable bonds is 6. The third-order valence-electron chi connectivity index (χ3n) is 4.65. The van der Waals surface area contributed by atoms with E-state index in [9.17, 15) is 4.79 Å². The van der Waals surface area contributed by atoms with Crippen LogP contribution >= 0.6 is 11.8 Å². The SMILES string of the molecule is O=c1oc2cccnc2n1CCSc1nnc(-c2ccccc2)n1-c1ccccc1. The molecule has 0 fully saturated rings. The Hall–Kier alpha value is -3.65.